The van der Waals surface area contributed by atoms with Crippen molar-refractivity contribution in [2.75, 3.05) is 32.1 Å². The van der Waals surface area contributed by atoms with Gasteiger partial charge in [-0.3, -0.25) is 4.99 Å². The molecule has 142 valence electrons. The van der Waals surface area contributed by atoms with Crippen LogP contribution in [0.4, 0.5) is 0 Å². The minimum absolute atomic E-state index is 0. The Morgan fingerprint density at radius 3 is 2.42 bits per heavy atom. The van der Waals surface area contributed by atoms with Gasteiger partial charge in [0.1, 0.15) is 0 Å². The second kappa shape index (κ2) is 11.8. The first-order valence-corrected chi connectivity index (χ1v) is 10.4. The van der Waals surface area contributed by atoms with Crippen molar-refractivity contribution in [1.29, 1.82) is 0 Å². The largest absolute Gasteiger partial charge is 0.381 e. The van der Waals surface area contributed by atoms with E-state index in [9.17, 15) is 0 Å². The third kappa shape index (κ3) is 7.28. The lowest BCUT2D eigenvalue weighted by atomic mass is 9.87. The third-order valence-corrected chi connectivity index (χ3v) is 6.52. The predicted molar refractivity (Wildman–Crippen MR) is 117 cm³/mol. The van der Waals surface area contributed by atoms with E-state index in [-0.39, 0.29) is 28.7 Å². The molecule has 0 aromatic rings. The Balaban J connectivity index is 0.00000288. The van der Waals surface area contributed by atoms with Crippen LogP contribution < -0.4 is 10.6 Å². The van der Waals surface area contributed by atoms with Crippen LogP contribution in [-0.4, -0.2) is 48.8 Å². The Morgan fingerprint density at radius 2 is 1.83 bits per heavy atom. The highest BCUT2D eigenvalue weighted by molar-refractivity contribution is 14.0. The van der Waals surface area contributed by atoms with Gasteiger partial charge in [0.25, 0.3) is 0 Å². The smallest absolute Gasteiger partial charge is 0.191 e. The molecule has 2 fully saturated rings. The first kappa shape index (κ1) is 22.4. The van der Waals surface area contributed by atoms with Gasteiger partial charge in [-0.15, -0.1) is 24.0 Å². The fraction of sp³-hybridized carbons (Fsp3) is 0.944. The zero-order valence-corrected chi connectivity index (χ0v) is 18.8. The monoisotopic (exact) mass is 469 g/mol. The average Bonchev–Trinajstić information content (AvgIpc) is 2.56. The number of ether oxygens (including phenoxy) is 1. The molecule has 1 aliphatic carbocycles. The van der Waals surface area contributed by atoms with Crippen molar-refractivity contribution in [3.63, 3.8) is 0 Å². The molecule has 0 aromatic heterocycles. The van der Waals surface area contributed by atoms with E-state index in [0.29, 0.717) is 6.04 Å². The maximum atomic E-state index is 5.56. The van der Waals surface area contributed by atoms with E-state index in [4.69, 9.17) is 9.73 Å². The second-order valence-corrected chi connectivity index (χ2v) is 8.76. The van der Waals surface area contributed by atoms with E-state index in [1.165, 1.54) is 25.7 Å². The molecule has 4 nitrogen and oxygen atoms in total. The van der Waals surface area contributed by atoms with Gasteiger partial charge in [-0.25, -0.2) is 0 Å². The highest BCUT2D eigenvalue weighted by Gasteiger charge is 2.32. The van der Waals surface area contributed by atoms with Crippen molar-refractivity contribution in [2.24, 2.45) is 10.9 Å². The van der Waals surface area contributed by atoms with Gasteiger partial charge < -0.3 is 15.4 Å². The molecule has 1 saturated carbocycles. The van der Waals surface area contributed by atoms with Gasteiger partial charge in [-0.1, -0.05) is 13.8 Å². The summed E-state index contributed by atoms with van der Waals surface area (Å²) in [5.74, 6) is 3.05. The fourth-order valence-electron chi connectivity index (χ4n) is 3.54. The molecule has 1 saturated heterocycles. The summed E-state index contributed by atoms with van der Waals surface area (Å²) in [5.41, 5.74) is 0. The Kier molecular flexibility index (Phi) is 11.0. The Labute approximate surface area is 169 Å². The van der Waals surface area contributed by atoms with Gasteiger partial charge in [0.2, 0.25) is 0 Å². The number of hydrogen-bond donors (Lipinski definition) is 2. The second-order valence-electron chi connectivity index (χ2n) is 7.02. The van der Waals surface area contributed by atoms with Crippen molar-refractivity contribution < 1.29 is 4.74 Å². The van der Waals surface area contributed by atoms with Gasteiger partial charge >= 0.3 is 0 Å². The molecule has 0 bridgehead atoms. The topological polar surface area (TPSA) is 45.7 Å². The molecule has 2 aliphatic rings. The molecule has 0 unspecified atom stereocenters. The Morgan fingerprint density at radius 1 is 1.17 bits per heavy atom. The van der Waals surface area contributed by atoms with Gasteiger partial charge in [0.05, 0.1) is 6.54 Å². The Hall–Kier alpha value is 0.310. The number of nitrogens with zero attached hydrogens (tertiary/aromatic N) is 1. The summed E-state index contributed by atoms with van der Waals surface area (Å²) in [4.78, 5) is 4.96. The number of guanidine groups is 1. The number of hydrogen-bond acceptors (Lipinski definition) is 3. The van der Waals surface area contributed by atoms with Crippen LogP contribution in [0.25, 0.3) is 0 Å². The van der Waals surface area contributed by atoms with Crippen LogP contribution in [0.5, 0.6) is 0 Å². The summed E-state index contributed by atoms with van der Waals surface area (Å²) in [6.45, 7) is 10.3. The lowest BCUT2D eigenvalue weighted by Gasteiger charge is -2.35. The Bertz CT molecular complexity index is 362. The fourth-order valence-corrected chi connectivity index (χ4v) is 4.76. The lowest BCUT2D eigenvalue weighted by molar-refractivity contribution is 0.0793. The number of nitrogens with one attached hydrogen (secondary N) is 2. The first-order valence-electron chi connectivity index (χ1n) is 9.44. The number of aliphatic imine (C=N–C) groups is 1. The maximum absolute atomic E-state index is 5.56. The molecular formula is C18H36IN3OS. The van der Waals surface area contributed by atoms with Crippen molar-refractivity contribution in [3.8, 4) is 0 Å². The minimum atomic E-state index is 0. The SMILES string of the molecule is CCNC(=NCC1(SCC)CCOCC1)NC1CCC(C)CC1.I. The molecular weight excluding hydrogens is 433 g/mol. The summed E-state index contributed by atoms with van der Waals surface area (Å²) in [6.07, 6.45) is 7.46. The summed E-state index contributed by atoms with van der Waals surface area (Å²) in [5, 5.41) is 7.11. The normalized spacial score (nSPS) is 27.2. The van der Waals surface area contributed by atoms with E-state index in [1.807, 2.05) is 0 Å². The molecule has 0 spiro atoms. The molecule has 0 radical (unpaired) electrons. The van der Waals surface area contributed by atoms with Crippen LogP contribution in [-0.2, 0) is 4.74 Å². The van der Waals surface area contributed by atoms with E-state index < -0.39 is 0 Å². The van der Waals surface area contributed by atoms with E-state index in [1.54, 1.807) is 0 Å². The quantitative estimate of drug-likeness (QED) is 0.350. The molecule has 0 amide bonds. The van der Waals surface area contributed by atoms with Crippen LogP contribution in [0.3, 0.4) is 0 Å². The zero-order chi connectivity index (χ0) is 16.5. The highest BCUT2D eigenvalue weighted by atomic mass is 127. The van der Waals surface area contributed by atoms with Crippen LogP contribution in [0.1, 0.15) is 59.3 Å². The minimum Gasteiger partial charge on any atom is -0.381 e. The highest BCUT2D eigenvalue weighted by Crippen LogP contribution is 2.35. The number of halogens is 1. The summed E-state index contributed by atoms with van der Waals surface area (Å²) < 4.78 is 5.84. The predicted octanol–water partition coefficient (Wildman–Crippen LogP) is 4.04. The average molecular weight is 469 g/mol. The van der Waals surface area contributed by atoms with E-state index in [0.717, 1.165) is 56.8 Å². The van der Waals surface area contributed by atoms with Crippen LogP contribution in [0, 0.1) is 5.92 Å². The molecule has 6 heteroatoms. The van der Waals surface area contributed by atoms with Crippen LogP contribution in [0.2, 0.25) is 0 Å². The standard InChI is InChI=1S/C18H35N3OS.HI/c1-4-19-17(21-16-8-6-15(3)7-9-16)20-14-18(23-5-2)10-12-22-13-11-18;/h15-16H,4-14H2,1-3H3,(H2,19,20,21);1H. The molecule has 0 aromatic carbocycles. The molecule has 2 N–H and O–H groups in total. The van der Waals surface area contributed by atoms with Crippen molar-refractivity contribution >= 4 is 41.7 Å². The molecule has 0 atom stereocenters. The summed E-state index contributed by atoms with van der Waals surface area (Å²) in [6, 6.07) is 0.591. The van der Waals surface area contributed by atoms with Crippen LogP contribution in [0.15, 0.2) is 4.99 Å². The van der Waals surface area contributed by atoms with E-state index >= 15 is 0 Å². The van der Waals surface area contributed by atoms with Crippen molar-refractivity contribution in [3.05, 3.63) is 0 Å². The zero-order valence-electron chi connectivity index (χ0n) is 15.6. The molecule has 2 rings (SSSR count). The number of thioether (sulfide) groups is 1. The van der Waals surface area contributed by atoms with Crippen molar-refractivity contribution in [1.82, 2.24) is 10.6 Å². The molecule has 1 heterocycles. The van der Waals surface area contributed by atoms with Gasteiger partial charge in [-0.05, 0) is 57.1 Å². The van der Waals surface area contributed by atoms with Crippen molar-refractivity contribution in [2.45, 2.75) is 70.1 Å². The van der Waals surface area contributed by atoms with E-state index in [2.05, 4.69) is 43.2 Å². The number of rotatable bonds is 6. The molecule has 1 aliphatic heterocycles. The maximum Gasteiger partial charge on any atom is 0.191 e. The third-order valence-electron chi connectivity index (χ3n) is 5.08. The van der Waals surface area contributed by atoms with Gasteiger partial charge in [0, 0.05) is 30.5 Å². The molecule has 24 heavy (non-hydrogen) atoms. The first-order chi connectivity index (χ1) is 11.2. The van der Waals surface area contributed by atoms with Gasteiger partial charge in [-0.2, -0.15) is 11.8 Å². The lowest BCUT2D eigenvalue weighted by Crippen LogP contribution is -2.46. The summed E-state index contributed by atoms with van der Waals surface area (Å²) in [7, 11) is 0. The van der Waals surface area contributed by atoms with Gasteiger partial charge in [0.15, 0.2) is 5.96 Å². The van der Waals surface area contributed by atoms with Crippen LogP contribution >= 0.6 is 35.7 Å². The summed E-state index contributed by atoms with van der Waals surface area (Å²) >= 11 is 2.06.